The van der Waals surface area contributed by atoms with Gasteiger partial charge in [-0.2, -0.15) is 5.10 Å². The number of carboxylic acids is 1. The molecule has 0 amide bonds. The van der Waals surface area contributed by atoms with E-state index >= 15 is 0 Å². The zero-order chi connectivity index (χ0) is 15.7. The fraction of sp³-hybridized carbons (Fsp3) is 0.308. The lowest BCUT2D eigenvalue weighted by molar-refractivity contribution is -0.385. The van der Waals surface area contributed by atoms with Gasteiger partial charge < -0.3 is 5.11 Å². The molecule has 0 spiro atoms. The van der Waals surface area contributed by atoms with Crippen molar-refractivity contribution in [3.8, 4) is 5.82 Å². The zero-order valence-electron chi connectivity index (χ0n) is 11.8. The highest BCUT2D eigenvalue weighted by Crippen LogP contribution is 2.24. The van der Waals surface area contributed by atoms with Crippen molar-refractivity contribution in [3.63, 3.8) is 0 Å². The van der Waals surface area contributed by atoms with Crippen molar-refractivity contribution in [1.29, 1.82) is 0 Å². The van der Waals surface area contributed by atoms with E-state index in [1.807, 2.05) is 0 Å². The van der Waals surface area contributed by atoms with Crippen molar-refractivity contribution < 1.29 is 14.8 Å². The van der Waals surface area contributed by atoms with Crippen LogP contribution in [0.5, 0.6) is 0 Å². The normalized spacial score (nSPS) is 10.6. The van der Waals surface area contributed by atoms with Gasteiger partial charge in [-0.1, -0.05) is 0 Å². The van der Waals surface area contributed by atoms with Gasteiger partial charge in [0.05, 0.1) is 17.0 Å². The molecule has 1 N–H and O–H groups in total. The molecule has 2 aromatic rings. The second-order valence-electron chi connectivity index (χ2n) is 4.68. The minimum Gasteiger partial charge on any atom is -0.481 e. The van der Waals surface area contributed by atoms with E-state index in [1.54, 1.807) is 26.8 Å². The van der Waals surface area contributed by atoms with Crippen LogP contribution in [0.4, 0.5) is 5.69 Å². The molecule has 0 aliphatic heterocycles. The third kappa shape index (κ3) is 2.73. The monoisotopic (exact) mass is 290 g/mol. The number of hydrogen-bond acceptors (Lipinski definition) is 5. The Morgan fingerprint density at radius 3 is 2.62 bits per heavy atom. The lowest BCUT2D eigenvalue weighted by Crippen LogP contribution is -2.08. The van der Waals surface area contributed by atoms with Gasteiger partial charge in [-0.3, -0.25) is 14.9 Å². The third-order valence-electron chi connectivity index (χ3n) is 3.16. The van der Waals surface area contributed by atoms with E-state index in [1.165, 1.54) is 10.7 Å². The maximum atomic E-state index is 11.1. The highest BCUT2D eigenvalue weighted by atomic mass is 16.6. The molecule has 0 aromatic carbocycles. The molecule has 0 saturated carbocycles. The van der Waals surface area contributed by atoms with Crippen LogP contribution in [0.15, 0.2) is 12.1 Å². The molecule has 0 radical (unpaired) electrons. The third-order valence-corrected chi connectivity index (χ3v) is 3.16. The van der Waals surface area contributed by atoms with E-state index < -0.39 is 10.9 Å². The van der Waals surface area contributed by atoms with E-state index in [2.05, 4.69) is 10.1 Å². The molecule has 0 bridgehead atoms. The number of aliphatic carboxylic acids is 1. The molecule has 8 nitrogen and oxygen atoms in total. The Labute approximate surface area is 120 Å². The number of carbonyl (C=O) groups is 1. The van der Waals surface area contributed by atoms with Gasteiger partial charge in [0.15, 0.2) is 0 Å². The standard InChI is InChI=1S/C13H14N4O4/c1-7-4-5-11(17(20)21)13(14-7)16-9(3)10(6-12(18)19)8(2)15-16/h4-5H,6H2,1-3H3,(H,18,19). The molecule has 2 rings (SSSR count). The van der Waals surface area contributed by atoms with Crippen molar-refractivity contribution in [1.82, 2.24) is 14.8 Å². The predicted molar refractivity (Wildman–Crippen MR) is 73.6 cm³/mol. The average molecular weight is 290 g/mol. The fourth-order valence-corrected chi connectivity index (χ4v) is 2.12. The van der Waals surface area contributed by atoms with Gasteiger partial charge >= 0.3 is 11.7 Å². The maximum absolute atomic E-state index is 11.1. The molecular weight excluding hydrogens is 276 g/mol. The smallest absolute Gasteiger partial charge is 0.313 e. The molecule has 0 fully saturated rings. The fourth-order valence-electron chi connectivity index (χ4n) is 2.12. The molecule has 21 heavy (non-hydrogen) atoms. The van der Waals surface area contributed by atoms with Crippen LogP contribution in [0, 0.1) is 30.9 Å². The summed E-state index contributed by atoms with van der Waals surface area (Å²) in [6, 6.07) is 2.91. The van der Waals surface area contributed by atoms with Crippen molar-refractivity contribution in [3.05, 3.63) is 44.9 Å². The highest BCUT2D eigenvalue weighted by Gasteiger charge is 2.22. The summed E-state index contributed by atoms with van der Waals surface area (Å²) in [5, 5.41) is 24.2. The lowest BCUT2D eigenvalue weighted by atomic mass is 10.1. The number of carboxylic acid groups (broad SMARTS) is 1. The second-order valence-corrected chi connectivity index (χ2v) is 4.68. The maximum Gasteiger partial charge on any atom is 0.313 e. The first kappa shape index (κ1) is 14.6. The first-order valence-corrected chi connectivity index (χ1v) is 6.20. The van der Waals surface area contributed by atoms with Crippen LogP contribution in [0.1, 0.15) is 22.6 Å². The topological polar surface area (TPSA) is 111 Å². The summed E-state index contributed by atoms with van der Waals surface area (Å²) in [6.07, 6.45) is -0.183. The quantitative estimate of drug-likeness (QED) is 0.678. The van der Waals surface area contributed by atoms with Crippen LogP contribution in [0.2, 0.25) is 0 Å². The number of rotatable bonds is 4. The number of pyridine rings is 1. The molecule has 110 valence electrons. The molecule has 0 atom stereocenters. The lowest BCUT2D eigenvalue weighted by Gasteiger charge is -2.06. The average Bonchev–Trinajstić information content (AvgIpc) is 2.65. The summed E-state index contributed by atoms with van der Waals surface area (Å²) in [7, 11) is 0. The number of aryl methyl sites for hydroxylation is 2. The van der Waals surface area contributed by atoms with E-state index in [0.717, 1.165) is 0 Å². The van der Waals surface area contributed by atoms with Crippen molar-refractivity contribution in [2.45, 2.75) is 27.2 Å². The largest absolute Gasteiger partial charge is 0.481 e. The Hall–Kier alpha value is -2.77. The number of nitro groups is 1. The van der Waals surface area contributed by atoms with Crippen LogP contribution < -0.4 is 0 Å². The minimum absolute atomic E-state index is 0.0947. The van der Waals surface area contributed by atoms with Crippen LogP contribution in [0.25, 0.3) is 5.82 Å². The van der Waals surface area contributed by atoms with E-state index in [-0.39, 0.29) is 17.9 Å². The molecule has 2 heterocycles. The highest BCUT2D eigenvalue weighted by molar-refractivity contribution is 5.71. The van der Waals surface area contributed by atoms with Gasteiger partial charge in [-0.25, -0.2) is 9.67 Å². The van der Waals surface area contributed by atoms with Gasteiger partial charge in [-0.15, -0.1) is 0 Å². The van der Waals surface area contributed by atoms with Crippen LogP contribution in [-0.2, 0) is 11.2 Å². The zero-order valence-corrected chi connectivity index (χ0v) is 11.8. The van der Waals surface area contributed by atoms with Gasteiger partial charge in [-0.05, 0) is 26.8 Å². The summed E-state index contributed by atoms with van der Waals surface area (Å²) in [5.74, 6) is -0.885. The van der Waals surface area contributed by atoms with Crippen LogP contribution >= 0.6 is 0 Å². The van der Waals surface area contributed by atoms with E-state index in [4.69, 9.17) is 5.11 Å². The Balaban J connectivity index is 2.65. The van der Waals surface area contributed by atoms with Gasteiger partial charge in [0, 0.05) is 23.0 Å². The van der Waals surface area contributed by atoms with Crippen molar-refractivity contribution in [2.24, 2.45) is 0 Å². The first-order valence-electron chi connectivity index (χ1n) is 6.20. The molecule has 0 saturated heterocycles. The minimum atomic E-state index is -0.979. The summed E-state index contributed by atoms with van der Waals surface area (Å²) >= 11 is 0. The van der Waals surface area contributed by atoms with Gasteiger partial charge in [0.25, 0.3) is 0 Å². The number of nitrogens with zero attached hydrogens (tertiary/aromatic N) is 4. The van der Waals surface area contributed by atoms with Gasteiger partial charge in [0.1, 0.15) is 0 Å². The molecule has 0 aliphatic rings. The Bertz CT molecular complexity index is 736. The Kier molecular flexibility index (Phi) is 3.70. The van der Waals surface area contributed by atoms with Crippen LogP contribution in [-0.4, -0.2) is 30.8 Å². The second kappa shape index (κ2) is 5.31. The van der Waals surface area contributed by atoms with E-state index in [9.17, 15) is 14.9 Å². The Morgan fingerprint density at radius 1 is 1.38 bits per heavy atom. The predicted octanol–water partition coefficient (Wildman–Crippen LogP) is 1.73. The van der Waals surface area contributed by atoms with Crippen LogP contribution in [0.3, 0.4) is 0 Å². The van der Waals surface area contributed by atoms with Gasteiger partial charge in [0.2, 0.25) is 5.82 Å². The molecule has 0 aliphatic carbocycles. The number of hydrogen-bond donors (Lipinski definition) is 1. The molecule has 0 unspecified atom stereocenters. The molecule has 2 aromatic heterocycles. The Morgan fingerprint density at radius 2 is 2.05 bits per heavy atom. The molecule has 8 heteroatoms. The SMILES string of the molecule is Cc1ccc([N+](=O)[O-])c(-n2nc(C)c(CC(=O)O)c2C)n1. The number of aromatic nitrogens is 3. The summed E-state index contributed by atoms with van der Waals surface area (Å²) in [6.45, 7) is 5.06. The summed E-state index contributed by atoms with van der Waals surface area (Å²) < 4.78 is 1.33. The summed E-state index contributed by atoms with van der Waals surface area (Å²) in [4.78, 5) is 25.6. The molecular formula is C13H14N4O4. The van der Waals surface area contributed by atoms with E-state index in [0.29, 0.717) is 22.6 Å². The summed E-state index contributed by atoms with van der Waals surface area (Å²) in [5.41, 5.74) is 2.04. The van der Waals surface area contributed by atoms with Crippen molar-refractivity contribution in [2.75, 3.05) is 0 Å². The first-order chi connectivity index (χ1) is 9.81. The van der Waals surface area contributed by atoms with Crippen molar-refractivity contribution >= 4 is 11.7 Å².